The van der Waals surface area contributed by atoms with Crippen LogP contribution in [0.3, 0.4) is 0 Å². The largest absolute Gasteiger partial charge is 0.396 e. The highest BCUT2D eigenvalue weighted by Gasteiger charge is 2.22. The van der Waals surface area contributed by atoms with Crippen molar-refractivity contribution < 1.29 is 5.11 Å². The van der Waals surface area contributed by atoms with Crippen LogP contribution in [0.25, 0.3) is 0 Å². The van der Waals surface area contributed by atoms with E-state index in [0.29, 0.717) is 6.61 Å². The molecule has 0 aromatic carbocycles. The zero-order chi connectivity index (χ0) is 8.81. The molecule has 0 saturated heterocycles. The first-order valence-corrected chi connectivity index (χ1v) is 5.12. The standard InChI is InChI=1S/C10H21NO/c1-11(9-10-5-6-10)7-3-2-4-8-12/h10,12H,2-9H2,1H3. The van der Waals surface area contributed by atoms with Crippen LogP contribution >= 0.6 is 0 Å². The second-order valence-electron chi connectivity index (χ2n) is 3.99. The summed E-state index contributed by atoms with van der Waals surface area (Å²) in [6, 6.07) is 0. The summed E-state index contributed by atoms with van der Waals surface area (Å²) in [5, 5.41) is 8.57. The molecule has 2 nitrogen and oxygen atoms in total. The topological polar surface area (TPSA) is 23.5 Å². The van der Waals surface area contributed by atoms with Gasteiger partial charge >= 0.3 is 0 Å². The predicted octanol–water partition coefficient (Wildman–Crippen LogP) is 1.49. The molecule has 1 rings (SSSR count). The fourth-order valence-corrected chi connectivity index (χ4v) is 1.50. The quantitative estimate of drug-likeness (QED) is 0.587. The summed E-state index contributed by atoms with van der Waals surface area (Å²) in [6.07, 6.45) is 6.27. The highest BCUT2D eigenvalue weighted by atomic mass is 16.2. The molecule has 0 aromatic heterocycles. The summed E-state index contributed by atoms with van der Waals surface area (Å²) in [5.41, 5.74) is 0. The molecule has 0 unspecified atom stereocenters. The number of hydrogen-bond acceptors (Lipinski definition) is 2. The van der Waals surface area contributed by atoms with Gasteiger partial charge in [-0.15, -0.1) is 0 Å². The molecule has 0 heterocycles. The van der Waals surface area contributed by atoms with Crippen LogP contribution in [0.5, 0.6) is 0 Å². The zero-order valence-corrected chi connectivity index (χ0v) is 8.13. The minimum Gasteiger partial charge on any atom is -0.396 e. The average molecular weight is 171 g/mol. The summed E-state index contributed by atoms with van der Waals surface area (Å²) >= 11 is 0. The summed E-state index contributed by atoms with van der Waals surface area (Å²) < 4.78 is 0. The number of nitrogens with zero attached hydrogens (tertiary/aromatic N) is 1. The van der Waals surface area contributed by atoms with E-state index in [2.05, 4.69) is 11.9 Å². The van der Waals surface area contributed by atoms with Crippen LogP contribution < -0.4 is 0 Å². The fraction of sp³-hybridized carbons (Fsp3) is 1.00. The van der Waals surface area contributed by atoms with Crippen molar-refractivity contribution in [3.05, 3.63) is 0 Å². The molecule has 1 fully saturated rings. The van der Waals surface area contributed by atoms with Gasteiger partial charge in [0.1, 0.15) is 0 Å². The second kappa shape index (κ2) is 5.55. The Kier molecular flexibility index (Phi) is 4.62. The lowest BCUT2D eigenvalue weighted by Gasteiger charge is -2.15. The summed E-state index contributed by atoms with van der Waals surface area (Å²) in [5.74, 6) is 1.01. The third-order valence-corrected chi connectivity index (χ3v) is 2.46. The molecule has 0 atom stereocenters. The Morgan fingerprint density at radius 1 is 1.25 bits per heavy atom. The van der Waals surface area contributed by atoms with E-state index >= 15 is 0 Å². The molecule has 1 N–H and O–H groups in total. The molecule has 0 aliphatic heterocycles. The van der Waals surface area contributed by atoms with E-state index < -0.39 is 0 Å². The number of unbranched alkanes of at least 4 members (excludes halogenated alkanes) is 2. The average Bonchev–Trinajstić information content (AvgIpc) is 2.82. The number of hydrogen-bond donors (Lipinski definition) is 1. The molecular weight excluding hydrogens is 150 g/mol. The van der Waals surface area contributed by atoms with Gasteiger partial charge in [-0.25, -0.2) is 0 Å². The Hall–Kier alpha value is -0.0800. The molecule has 72 valence electrons. The Morgan fingerprint density at radius 2 is 2.00 bits per heavy atom. The maximum atomic E-state index is 8.57. The Morgan fingerprint density at radius 3 is 2.58 bits per heavy atom. The van der Waals surface area contributed by atoms with Crippen LogP contribution in [0.2, 0.25) is 0 Å². The molecule has 1 aliphatic rings. The molecule has 12 heavy (non-hydrogen) atoms. The summed E-state index contributed by atoms with van der Waals surface area (Å²) in [6.45, 7) is 2.85. The van der Waals surface area contributed by atoms with Crippen molar-refractivity contribution in [1.29, 1.82) is 0 Å². The SMILES string of the molecule is CN(CCCCCO)CC1CC1. The first-order valence-electron chi connectivity index (χ1n) is 5.12. The van der Waals surface area contributed by atoms with Crippen LogP contribution in [0.15, 0.2) is 0 Å². The van der Waals surface area contributed by atoms with E-state index in [9.17, 15) is 0 Å². The van der Waals surface area contributed by atoms with Gasteiger partial charge < -0.3 is 10.0 Å². The van der Waals surface area contributed by atoms with E-state index in [1.165, 1.54) is 38.8 Å². The van der Waals surface area contributed by atoms with Crippen LogP contribution in [0, 0.1) is 5.92 Å². The van der Waals surface area contributed by atoms with Crippen molar-refractivity contribution in [2.75, 3.05) is 26.7 Å². The molecule has 1 saturated carbocycles. The molecule has 0 aromatic rings. The van der Waals surface area contributed by atoms with Crippen molar-refractivity contribution in [2.45, 2.75) is 32.1 Å². The maximum absolute atomic E-state index is 8.57. The van der Waals surface area contributed by atoms with Gasteiger partial charge in [0, 0.05) is 13.2 Å². The first kappa shape index (κ1) is 10.0. The van der Waals surface area contributed by atoms with Gasteiger partial charge in [0.05, 0.1) is 0 Å². The lowest BCUT2D eigenvalue weighted by Crippen LogP contribution is -2.22. The summed E-state index contributed by atoms with van der Waals surface area (Å²) in [4.78, 5) is 2.43. The highest BCUT2D eigenvalue weighted by Crippen LogP contribution is 2.29. The van der Waals surface area contributed by atoms with E-state index in [1.807, 2.05) is 0 Å². The predicted molar refractivity (Wildman–Crippen MR) is 51.2 cm³/mol. The molecule has 0 bridgehead atoms. The minimum atomic E-state index is 0.354. The van der Waals surface area contributed by atoms with Gasteiger partial charge in [-0.3, -0.25) is 0 Å². The minimum absolute atomic E-state index is 0.354. The molecule has 0 spiro atoms. The maximum Gasteiger partial charge on any atom is 0.0431 e. The Bertz CT molecular complexity index is 112. The molecule has 1 aliphatic carbocycles. The third-order valence-electron chi connectivity index (χ3n) is 2.46. The molecular formula is C10H21NO. The lowest BCUT2D eigenvalue weighted by atomic mass is 10.2. The summed E-state index contributed by atoms with van der Waals surface area (Å²) in [7, 11) is 2.21. The van der Waals surface area contributed by atoms with Crippen LogP contribution in [-0.2, 0) is 0 Å². The van der Waals surface area contributed by atoms with Gasteiger partial charge in [-0.05, 0) is 51.6 Å². The van der Waals surface area contributed by atoms with Crippen LogP contribution in [-0.4, -0.2) is 36.8 Å². The van der Waals surface area contributed by atoms with Gasteiger partial charge in [0.2, 0.25) is 0 Å². The normalized spacial score (nSPS) is 17.2. The lowest BCUT2D eigenvalue weighted by molar-refractivity contribution is 0.270. The van der Waals surface area contributed by atoms with E-state index in [4.69, 9.17) is 5.11 Å². The second-order valence-corrected chi connectivity index (χ2v) is 3.99. The fourth-order valence-electron chi connectivity index (χ4n) is 1.50. The monoisotopic (exact) mass is 171 g/mol. The van der Waals surface area contributed by atoms with Crippen LogP contribution in [0.4, 0.5) is 0 Å². The highest BCUT2D eigenvalue weighted by molar-refractivity contribution is 4.75. The van der Waals surface area contributed by atoms with Crippen molar-refractivity contribution >= 4 is 0 Å². The van der Waals surface area contributed by atoms with Crippen molar-refractivity contribution in [2.24, 2.45) is 5.92 Å². The van der Waals surface area contributed by atoms with Crippen LogP contribution in [0.1, 0.15) is 32.1 Å². The van der Waals surface area contributed by atoms with Gasteiger partial charge in [0.15, 0.2) is 0 Å². The molecule has 0 amide bonds. The Labute approximate surface area is 75.6 Å². The van der Waals surface area contributed by atoms with Crippen molar-refractivity contribution in [3.8, 4) is 0 Å². The smallest absolute Gasteiger partial charge is 0.0431 e. The van der Waals surface area contributed by atoms with E-state index in [-0.39, 0.29) is 0 Å². The van der Waals surface area contributed by atoms with E-state index in [1.54, 1.807) is 0 Å². The number of rotatable bonds is 7. The number of aliphatic hydroxyl groups excluding tert-OH is 1. The zero-order valence-electron chi connectivity index (χ0n) is 8.13. The first-order chi connectivity index (χ1) is 5.83. The van der Waals surface area contributed by atoms with Crippen molar-refractivity contribution in [3.63, 3.8) is 0 Å². The van der Waals surface area contributed by atoms with Gasteiger partial charge in [-0.1, -0.05) is 0 Å². The van der Waals surface area contributed by atoms with Gasteiger partial charge in [-0.2, -0.15) is 0 Å². The Balaban J connectivity index is 1.83. The van der Waals surface area contributed by atoms with Gasteiger partial charge in [0.25, 0.3) is 0 Å². The number of aliphatic hydroxyl groups is 1. The van der Waals surface area contributed by atoms with E-state index in [0.717, 1.165) is 12.3 Å². The van der Waals surface area contributed by atoms with Crippen molar-refractivity contribution in [1.82, 2.24) is 4.90 Å². The molecule has 2 heteroatoms. The molecule has 0 radical (unpaired) electrons. The third kappa shape index (κ3) is 4.73.